The highest BCUT2D eigenvalue weighted by molar-refractivity contribution is 7.91. The zero-order valence-electron chi connectivity index (χ0n) is 10.0. The Hall–Kier alpha value is -2.48. The van der Waals surface area contributed by atoms with E-state index in [0.717, 1.165) is 6.07 Å². The minimum absolute atomic E-state index is 0.0660. The molecule has 0 aliphatic heterocycles. The minimum atomic E-state index is -3.85. The van der Waals surface area contributed by atoms with Crippen molar-refractivity contribution in [2.24, 2.45) is 0 Å². The zero-order valence-corrected chi connectivity index (χ0v) is 10.9. The van der Waals surface area contributed by atoms with E-state index in [1.807, 2.05) is 0 Å². The van der Waals surface area contributed by atoms with Gasteiger partial charge in [-0.1, -0.05) is 6.07 Å². The SMILES string of the molecule is Nc1[nH]nc2ncc(S(=O)(=O)c3cccc(F)c3)cc12. The molecule has 0 atom stereocenters. The van der Waals surface area contributed by atoms with E-state index in [4.69, 9.17) is 5.73 Å². The number of benzene rings is 1. The molecule has 1 aromatic carbocycles. The normalized spacial score (nSPS) is 11.8. The van der Waals surface area contributed by atoms with Crippen LogP contribution >= 0.6 is 0 Å². The summed E-state index contributed by atoms with van der Waals surface area (Å²) in [4.78, 5) is 3.72. The molecule has 0 bridgehead atoms. The Labute approximate surface area is 113 Å². The maximum absolute atomic E-state index is 13.2. The van der Waals surface area contributed by atoms with Crippen molar-refractivity contribution in [2.45, 2.75) is 9.79 Å². The van der Waals surface area contributed by atoms with Crippen molar-refractivity contribution in [3.05, 3.63) is 42.3 Å². The van der Waals surface area contributed by atoms with E-state index in [2.05, 4.69) is 15.2 Å². The average Bonchev–Trinajstić information content (AvgIpc) is 2.80. The van der Waals surface area contributed by atoms with Crippen LogP contribution in [0.5, 0.6) is 0 Å². The van der Waals surface area contributed by atoms with Gasteiger partial charge in [-0.05, 0) is 24.3 Å². The van der Waals surface area contributed by atoms with Crippen LogP contribution in [0.15, 0.2) is 46.3 Å². The molecule has 6 nitrogen and oxygen atoms in total. The summed E-state index contributed by atoms with van der Waals surface area (Å²) in [5, 5.41) is 6.73. The average molecular weight is 292 g/mol. The Kier molecular flexibility index (Phi) is 2.68. The van der Waals surface area contributed by atoms with Crippen molar-refractivity contribution in [1.29, 1.82) is 0 Å². The summed E-state index contributed by atoms with van der Waals surface area (Å²) >= 11 is 0. The third kappa shape index (κ3) is 1.90. The number of aromatic nitrogens is 3. The van der Waals surface area contributed by atoms with E-state index in [1.165, 1.54) is 30.5 Å². The maximum Gasteiger partial charge on any atom is 0.208 e. The number of sulfone groups is 1. The lowest BCUT2D eigenvalue weighted by Crippen LogP contribution is -2.03. The molecule has 0 spiro atoms. The lowest BCUT2D eigenvalue weighted by atomic mass is 10.3. The molecule has 0 unspecified atom stereocenters. The van der Waals surface area contributed by atoms with Crippen LogP contribution in [-0.4, -0.2) is 23.6 Å². The second-order valence-electron chi connectivity index (χ2n) is 4.14. The number of nitrogens with two attached hydrogens (primary N) is 1. The fraction of sp³-hybridized carbons (Fsp3) is 0. The molecule has 0 aliphatic carbocycles. The van der Waals surface area contributed by atoms with Gasteiger partial charge in [-0.25, -0.2) is 17.8 Å². The van der Waals surface area contributed by atoms with Gasteiger partial charge < -0.3 is 5.73 Å². The van der Waals surface area contributed by atoms with Crippen LogP contribution in [0.3, 0.4) is 0 Å². The van der Waals surface area contributed by atoms with Gasteiger partial charge >= 0.3 is 0 Å². The Morgan fingerprint density at radius 2 is 2.00 bits per heavy atom. The number of fused-ring (bicyclic) bond motifs is 1. The number of pyridine rings is 1. The zero-order chi connectivity index (χ0) is 14.3. The van der Waals surface area contributed by atoms with Crippen molar-refractivity contribution in [3.63, 3.8) is 0 Å². The van der Waals surface area contributed by atoms with E-state index < -0.39 is 15.7 Å². The Balaban J connectivity index is 2.20. The molecule has 0 saturated heterocycles. The summed E-state index contributed by atoms with van der Waals surface area (Å²) in [6, 6.07) is 6.15. The van der Waals surface area contributed by atoms with Crippen molar-refractivity contribution < 1.29 is 12.8 Å². The molecule has 8 heteroatoms. The van der Waals surface area contributed by atoms with Crippen LogP contribution in [0.25, 0.3) is 11.0 Å². The predicted molar refractivity (Wildman–Crippen MR) is 70.2 cm³/mol. The van der Waals surface area contributed by atoms with E-state index in [0.29, 0.717) is 11.0 Å². The van der Waals surface area contributed by atoms with Gasteiger partial charge in [0.25, 0.3) is 0 Å². The van der Waals surface area contributed by atoms with Crippen LogP contribution < -0.4 is 5.73 Å². The molecular weight excluding hydrogens is 283 g/mol. The first-order valence-corrected chi connectivity index (χ1v) is 7.07. The Morgan fingerprint density at radius 1 is 1.20 bits per heavy atom. The molecule has 0 radical (unpaired) electrons. The van der Waals surface area contributed by atoms with Crippen LogP contribution in [0, 0.1) is 5.82 Å². The molecule has 0 amide bonds. The van der Waals surface area contributed by atoms with E-state index in [-0.39, 0.29) is 15.6 Å². The first-order chi connectivity index (χ1) is 9.48. The molecule has 2 aromatic heterocycles. The number of hydrogen-bond donors (Lipinski definition) is 2. The molecule has 0 saturated carbocycles. The van der Waals surface area contributed by atoms with Gasteiger partial charge in [0.15, 0.2) is 5.65 Å². The van der Waals surface area contributed by atoms with Gasteiger partial charge in [0.2, 0.25) is 9.84 Å². The van der Waals surface area contributed by atoms with Crippen molar-refractivity contribution in [3.8, 4) is 0 Å². The van der Waals surface area contributed by atoms with Crippen molar-refractivity contribution in [2.75, 3.05) is 5.73 Å². The summed E-state index contributed by atoms with van der Waals surface area (Å²) in [5.74, 6) is -0.397. The molecule has 0 fully saturated rings. The fourth-order valence-electron chi connectivity index (χ4n) is 1.82. The molecule has 3 aromatic rings. The highest BCUT2D eigenvalue weighted by Crippen LogP contribution is 2.25. The third-order valence-corrected chi connectivity index (χ3v) is 4.55. The molecule has 3 rings (SSSR count). The molecule has 102 valence electrons. The first-order valence-electron chi connectivity index (χ1n) is 5.59. The van der Waals surface area contributed by atoms with Crippen LogP contribution in [-0.2, 0) is 9.84 Å². The summed E-state index contributed by atoms with van der Waals surface area (Å²) in [6.45, 7) is 0. The number of nitrogens with zero attached hydrogens (tertiary/aromatic N) is 2. The molecule has 0 aliphatic rings. The number of nitrogens with one attached hydrogen (secondary N) is 1. The quantitative estimate of drug-likeness (QED) is 0.745. The highest BCUT2D eigenvalue weighted by atomic mass is 32.2. The van der Waals surface area contributed by atoms with Crippen LogP contribution in [0.1, 0.15) is 0 Å². The Morgan fingerprint density at radius 3 is 2.75 bits per heavy atom. The molecule has 20 heavy (non-hydrogen) atoms. The number of nitrogen functional groups attached to an aromatic ring is 1. The smallest absolute Gasteiger partial charge is 0.208 e. The fourth-order valence-corrected chi connectivity index (χ4v) is 3.08. The van der Waals surface area contributed by atoms with E-state index in [1.54, 1.807) is 0 Å². The topological polar surface area (TPSA) is 102 Å². The summed E-state index contributed by atoms with van der Waals surface area (Å²) in [5.41, 5.74) is 5.96. The van der Waals surface area contributed by atoms with Gasteiger partial charge in [0.05, 0.1) is 15.2 Å². The monoisotopic (exact) mass is 292 g/mol. The number of H-pyrrole nitrogens is 1. The van der Waals surface area contributed by atoms with E-state index >= 15 is 0 Å². The number of rotatable bonds is 2. The van der Waals surface area contributed by atoms with Crippen molar-refractivity contribution >= 4 is 26.7 Å². The summed E-state index contributed by atoms with van der Waals surface area (Å²) < 4.78 is 37.9. The molecule has 2 heterocycles. The lowest BCUT2D eigenvalue weighted by Gasteiger charge is -2.04. The number of aromatic amines is 1. The van der Waals surface area contributed by atoms with Crippen molar-refractivity contribution in [1.82, 2.24) is 15.2 Å². The van der Waals surface area contributed by atoms with Gasteiger partial charge in [-0.15, -0.1) is 0 Å². The minimum Gasteiger partial charge on any atom is -0.384 e. The van der Waals surface area contributed by atoms with Gasteiger partial charge in [-0.2, -0.15) is 5.10 Å². The number of hydrogen-bond acceptors (Lipinski definition) is 5. The standard InChI is InChI=1S/C12H9FN4O2S/c13-7-2-1-3-8(4-7)20(18,19)9-5-10-11(14)16-17-12(10)15-6-9/h1-6H,(H3,14,15,16,17). The van der Waals surface area contributed by atoms with Crippen LogP contribution in [0.4, 0.5) is 10.2 Å². The second-order valence-corrected chi connectivity index (χ2v) is 6.09. The maximum atomic E-state index is 13.2. The molecule has 3 N–H and O–H groups in total. The van der Waals surface area contributed by atoms with Gasteiger partial charge in [0, 0.05) is 6.20 Å². The number of halogens is 1. The lowest BCUT2D eigenvalue weighted by molar-refractivity contribution is 0.590. The van der Waals surface area contributed by atoms with Gasteiger partial charge in [-0.3, -0.25) is 5.10 Å². The largest absolute Gasteiger partial charge is 0.384 e. The van der Waals surface area contributed by atoms with E-state index in [9.17, 15) is 12.8 Å². The Bertz CT molecular complexity index is 905. The highest BCUT2D eigenvalue weighted by Gasteiger charge is 2.20. The first kappa shape index (κ1) is 12.5. The summed E-state index contributed by atoms with van der Waals surface area (Å²) in [6.07, 6.45) is 1.17. The number of anilines is 1. The second kappa shape index (κ2) is 4.27. The van der Waals surface area contributed by atoms with Crippen LogP contribution in [0.2, 0.25) is 0 Å². The van der Waals surface area contributed by atoms with Gasteiger partial charge in [0.1, 0.15) is 11.6 Å². The predicted octanol–water partition coefficient (Wildman–Crippen LogP) is 1.51. The molecular formula is C12H9FN4O2S. The third-order valence-electron chi connectivity index (χ3n) is 2.83. The summed E-state index contributed by atoms with van der Waals surface area (Å²) in [7, 11) is -3.85.